The van der Waals surface area contributed by atoms with Crippen molar-refractivity contribution in [2.24, 2.45) is 10.8 Å². The van der Waals surface area contributed by atoms with Crippen molar-refractivity contribution in [3.8, 4) is 17.0 Å². The zero-order valence-corrected chi connectivity index (χ0v) is 31.1. The van der Waals surface area contributed by atoms with E-state index in [1.54, 1.807) is 59.9 Å². The van der Waals surface area contributed by atoms with Crippen LogP contribution in [0, 0.1) is 10.8 Å². The average Bonchev–Trinajstić information content (AvgIpc) is 3.09. The van der Waals surface area contributed by atoms with Crippen LogP contribution in [-0.4, -0.2) is 89.2 Å². The van der Waals surface area contributed by atoms with Crippen LogP contribution in [0.2, 0.25) is 0 Å². The van der Waals surface area contributed by atoms with Gasteiger partial charge >= 0.3 is 12.2 Å². The van der Waals surface area contributed by atoms with Gasteiger partial charge in [0.15, 0.2) is 0 Å². The predicted octanol–water partition coefficient (Wildman–Crippen LogP) is 3.92. The molecule has 52 heavy (non-hydrogen) atoms. The van der Waals surface area contributed by atoms with Crippen LogP contribution < -0.4 is 21.4 Å². The topological polar surface area (TPSA) is 191 Å². The number of methoxy groups -OCH3 is 2. The summed E-state index contributed by atoms with van der Waals surface area (Å²) in [5.74, 6) is -1.06. The number of ether oxygens (including phenoxy) is 2. The van der Waals surface area contributed by atoms with Crippen LogP contribution in [-0.2, 0) is 32.0 Å². The molecular formula is C38H52N6O8. The number of hydrogen-bond acceptors (Lipinski definition) is 10. The SMILES string of the molecule is COC(=O)N[C@H](C(=O)N[C@@H](Cc1ccc(O)cc1)[C@@H](O)CN(Cc1ccc(-c2ccccn2)cc1)NC(=O)[C@@H](NC(=O)OC)C(C)(C)C)C(C)(C)C. The number of carbonyl (C=O) groups excluding carboxylic acids is 4. The van der Waals surface area contributed by atoms with Crippen LogP contribution in [0.1, 0.15) is 52.7 Å². The Bertz CT molecular complexity index is 1620. The van der Waals surface area contributed by atoms with E-state index in [2.05, 4.69) is 26.4 Å². The number of phenolic OH excluding ortho intramolecular Hbond substituents is 1. The summed E-state index contributed by atoms with van der Waals surface area (Å²) in [6.45, 7) is 10.7. The lowest BCUT2D eigenvalue weighted by atomic mass is 9.85. The monoisotopic (exact) mass is 720 g/mol. The van der Waals surface area contributed by atoms with Gasteiger partial charge in [0.25, 0.3) is 5.91 Å². The Labute approximate surface area is 305 Å². The van der Waals surface area contributed by atoms with Gasteiger partial charge in [-0.15, -0.1) is 0 Å². The smallest absolute Gasteiger partial charge is 0.407 e. The van der Waals surface area contributed by atoms with Gasteiger partial charge < -0.3 is 35.6 Å². The van der Waals surface area contributed by atoms with Gasteiger partial charge in [-0.3, -0.25) is 20.0 Å². The molecule has 1 heterocycles. The third kappa shape index (κ3) is 12.5. The van der Waals surface area contributed by atoms with E-state index in [9.17, 15) is 29.4 Å². The number of carbonyl (C=O) groups is 4. The molecule has 4 amide bonds. The second-order valence-corrected chi connectivity index (χ2v) is 14.7. The number of aromatic hydroxyl groups is 1. The number of nitrogens with zero attached hydrogens (tertiary/aromatic N) is 2. The van der Waals surface area contributed by atoms with Gasteiger partial charge in [-0.25, -0.2) is 14.6 Å². The molecule has 2 aromatic carbocycles. The fourth-order valence-corrected chi connectivity index (χ4v) is 5.40. The Morgan fingerprint density at radius 2 is 1.29 bits per heavy atom. The number of aliphatic hydroxyl groups is 1. The Balaban J connectivity index is 1.97. The van der Waals surface area contributed by atoms with Crippen LogP contribution in [0.4, 0.5) is 9.59 Å². The number of pyridine rings is 1. The fourth-order valence-electron chi connectivity index (χ4n) is 5.40. The Morgan fingerprint density at radius 1 is 0.750 bits per heavy atom. The maximum Gasteiger partial charge on any atom is 0.407 e. The summed E-state index contributed by atoms with van der Waals surface area (Å²) in [7, 11) is 2.40. The van der Waals surface area contributed by atoms with Gasteiger partial charge in [0.1, 0.15) is 17.8 Å². The molecule has 0 aliphatic carbocycles. The third-order valence-corrected chi connectivity index (χ3v) is 8.30. The molecule has 0 saturated heterocycles. The van der Waals surface area contributed by atoms with Crippen molar-refractivity contribution in [3.05, 3.63) is 84.1 Å². The van der Waals surface area contributed by atoms with Crippen LogP contribution in [0.3, 0.4) is 0 Å². The summed E-state index contributed by atoms with van der Waals surface area (Å²) in [5.41, 5.74) is 4.58. The summed E-state index contributed by atoms with van der Waals surface area (Å²) in [6.07, 6.45) is -1.01. The van der Waals surface area contributed by atoms with E-state index in [0.29, 0.717) is 5.56 Å². The number of amides is 4. The first-order chi connectivity index (χ1) is 24.4. The molecule has 0 aliphatic heterocycles. The van der Waals surface area contributed by atoms with Gasteiger partial charge in [0.2, 0.25) is 5.91 Å². The number of phenols is 1. The molecule has 6 N–H and O–H groups in total. The summed E-state index contributed by atoms with van der Waals surface area (Å²) >= 11 is 0. The van der Waals surface area contributed by atoms with Gasteiger partial charge in [-0.05, 0) is 52.6 Å². The predicted molar refractivity (Wildman–Crippen MR) is 196 cm³/mol. The number of hydrogen-bond donors (Lipinski definition) is 6. The molecule has 14 nitrogen and oxygen atoms in total. The van der Waals surface area contributed by atoms with E-state index in [1.807, 2.05) is 42.5 Å². The molecule has 0 bridgehead atoms. The fraction of sp³-hybridized carbons (Fsp3) is 0.447. The molecule has 1 aromatic heterocycles. The highest BCUT2D eigenvalue weighted by Crippen LogP contribution is 2.23. The molecule has 0 radical (unpaired) electrons. The Morgan fingerprint density at radius 3 is 1.79 bits per heavy atom. The highest BCUT2D eigenvalue weighted by atomic mass is 16.5. The van der Waals surface area contributed by atoms with E-state index in [4.69, 9.17) is 9.47 Å². The van der Waals surface area contributed by atoms with E-state index in [1.165, 1.54) is 31.4 Å². The van der Waals surface area contributed by atoms with Crippen molar-refractivity contribution in [1.29, 1.82) is 0 Å². The molecule has 3 aromatic rings. The maximum absolute atomic E-state index is 13.8. The van der Waals surface area contributed by atoms with Crippen molar-refractivity contribution in [1.82, 2.24) is 31.4 Å². The van der Waals surface area contributed by atoms with Crippen molar-refractivity contribution in [2.75, 3.05) is 20.8 Å². The van der Waals surface area contributed by atoms with Gasteiger partial charge in [0.05, 0.1) is 32.1 Å². The largest absolute Gasteiger partial charge is 0.508 e. The number of rotatable bonds is 14. The summed E-state index contributed by atoms with van der Waals surface area (Å²) in [6, 6.07) is 16.6. The average molecular weight is 721 g/mol. The zero-order chi connectivity index (χ0) is 38.6. The van der Waals surface area contributed by atoms with E-state index in [0.717, 1.165) is 16.8 Å². The summed E-state index contributed by atoms with van der Waals surface area (Å²) < 4.78 is 9.52. The molecule has 282 valence electrons. The van der Waals surface area contributed by atoms with E-state index < -0.39 is 59.1 Å². The van der Waals surface area contributed by atoms with Crippen LogP contribution in [0.15, 0.2) is 72.9 Å². The van der Waals surface area contributed by atoms with Gasteiger partial charge in [0, 0.05) is 24.8 Å². The van der Waals surface area contributed by atoms with Crippen LogP contribution in [0.5, 0.6) is 5.75 Å². The second kappa shape index (κ2) is 18.3. The molecule has 0 aliphatic rings. The highest BCUT2D eigenvalue weighted by molar-refractivity contribution is 5.87. The lowest BCUT2D eigenvalue weighted by Gasteiger charge is -2.35. The lowest BCUT2D eigenvalue weighted by molar-refractivity contribution is -0.132. The molecule has 0 unspecified atom stereocenters. The minimum absolute atomic E-state index is 0.0527. The van der Waals surface area contributed by atoms with Crippen LogP contribution >= 0.6 is 0 Å². The first kappa shape index (κ1) is 41.2. The maximum atomic E-state index is 13.8. The zero-order valence-electron chi connectivity index (χ0n) is 31.1. The first-order valence-electron chi connectivity index (χ1n) is 16.9. The van der Waals surface area contributed by atoms with E-state index >= 15 is 0 Å². The molecule has 0 fully saturated rings. The van der Waals surface area contributed by atoms with Crippen molar-refractivity contribution in [3.63, 3.8) is 0 Å². The molecule has 14 heteroatoms. The molecule has 0 saturated carbocycles. The number of nitrogens with one attached hydrogen (secondary N) is 4. The summed E-state index contributed by atoms with van der Waals surface area (Å²) in [4.78, 5) is 56.4. The normalized spacial score (nSPS) is 14.0. The second-order valence-electron chi connectivity index (χ2n) is 14.7. The number of benzene rings is 2. The van der Waals surface area contributed by atoms with Gasteiger partial charge in [-0.2, -0.15) is 0 Å². The van der Waals surface area contributed by atoms with Crippen molar-refractivity contribution >= 4 is 24.0 Å². The quantitative estimate of drug-likeness (QED) is 0.133. The van der Waals surface area contributed by atoms with Crippen LogP contribution in [0.25, 0.3) is 11.3 Å². The third-order valence-electron chi connectivity index (χ3n) is 8.30. The van der Waals surface area contributed by atoms with Crippen molar-refractivity contribution in [2.45, 2.75) is 78.7 Å². The Hall–Kier alpha value is -5.21. The molecule has 4 atom stereocenters. The minimum atomic E-state index is -1.29. The summed E-state index contributed by atoms with van der Waals surface area (Å²) in [5, 5.41) is 31.3. The number of hydrazine groups is 1. The highest BCUT2D eigenvalue weighted by Gasteiger charge is 2.37. The first-order valence-corrected chi connectivity index (χ1v) is 16.9. The Kier molecular flexibility index (Phi) is 14.5. The number of aliphatic hydroxyl groups excluding tert-OH is 1. The number of aromatic nitrogens is 1. The molecular weight excluding hydrogens is 668 g/mol. The molecule has 3 rings (SSSR count). The number of alkyl carbamates (subject to hydrolysis) is 2. The van der Waals surface area contributed by atoms with Gasteiger partial charge in [-0.1, -0.05) is 84.0 Å². The van der Waals surface area contributed by atoms with Crippen molar-refractivity contribution < 1.29 is 38.9 Å². The lowest BCUT2D eigenvalue weighted by Crippen LogP contribution is -2.60. The molecule has 0 spiro atoms. The standard InChI is InChI=1S/C38H52N6O8/c1-37(2,3)31(41-35(49)51-7)33(47)40-29(21-24-14-18-27(45)19-15-24)30(46)23-44(43-34(48)32(38(4,5)6)42-36(50)52-8)22-25-12-16-26(17-13-25)28-11-9-10-20-39-28/h9-20,29-32,45-46H,21-23H2,1-8H3,(H,40,47)(H,41,49)(H,42,50)(H,43,48)/t29-,30-,31+,32+/m0/s1. The van der Waals surface area contributed by atoms with E-state index in [-0.39, 0.29) is 25.3 Å². The minimum Gasteiger partial charge on any atom is -0.508 e.